The molecule has 0 aliphatic carbocycles. The summed E-state index contributed by atoms with van der Waals surface area (Å²) in [6.45, 7) is 8.64. The van der Waals surface area contributed by atoms with Crippen molar-refractivity contribution in [1.82, 2.24) is 25.0 Å². The van der Waals surface area contributed by atoms with Crippen molar-refractivity contribution in [2.45, 2.75) is 25.1 Å². The number of aromatic nitrogens is 3. The monoisotopic (exact) mass is 409 g/mol. The van der Waals surface area contributed by atoms with Crippen molar-refractivity contribution >= 4 is 29.0 Å². The molecule has 7 nitrogen and oxygen atoms in total. The Kier molecular flexibility index (Phi) is 7.28. The molecule has 9 heteroatoms. The maximum absolute atomic E-state index is 12.2. The van der Waals surface area contributed by atoms with Crippen LogP contribution >= 0.6 is 23.1 Å². The van der Waals surface area contributed by atoms with Crippen LogP contribution in [0.3, 0.4) is 0 Å². The number of morpholine rings is 1. The third kappa shape index (κ3) is 5.78. The van der Waals surface area contributed by atoms with Crippen LogP contribution in [0.15, 0.2) is 22.7 Å². The van der Waals surface area contributed by atoms with Gasteiger partial charge < -0.3 is 14.6 Å². The van der Waals surface area contributed by atoms with E-state index in [1.165, 1.54) is 11.8 Å². The van der Waals surface area contributed by atoms with E-state index in [0.717, 1.165) is 42.1 Å². The minimum absolute atomic E-state index is 0.00902. The third-order valence-corrected chi connectivity index (χ3v) is 6.17. The molecular formula is C18H27N5O2S2. The molecule has 0 aromatic carbocycles. The molecule has 1 N–H and O–H groups in total. The smallest absolute Gasteiger partial charge is 0.230 e. The second-order valence-corrected chi connectivity index (χ2v) is 8.97. The van der Waals surface area contributed by atoms with Crippen LogP contribution < -0.4 is 5.32 Å². The van der Waals surface area contributed by atoms with E-state index in [1.54, 1.807) is 11.3 Å². The Morgan fingerprint density at radius 2 is 2.33 bits per heavy atom. The topological polar surface area (TPSA) is 72.3 Å². The molecule has 1 atom stereocenters. The molecule has 1 saturated heterocycles. The molecule has 1 fully saturated rings. The second kappa shape index (κ2) is 9.68. The summed E-state index contributed by atoms with van der Waals surface area (Å²) in [6.07, 6.45) is 0.0618. The van der Waals surface area contributed by atoms with E-state index in [1.807, 2.05) is 29.1 Å². The average molecular weight is 410 g/mol. The van der Waals surface area contributed by atoms with Crippen molar-refractivity contribution < 1.29 is 9.53 Å². The third-order valence-electron chi connectivity index (χ3n) is 4.28. The molecule has 1 unspecified atom stereocenters. The number of nitrogens with one attached hydrogen (secondary N) is 1. The normalized spacial score (nSPS) is 18.1. The summed E-state index contributed by atoms with van der Waals surface area (Å²) in [7, 11) is 1.93. The summed E-state index contributed by atoms with van der Waals surface area (Å²) in [5.41, 5.74) is 0. The number of nitrogens with zero attached hydrogens (tertiary/aromatic N) is 4. The number of ether oxygens (including phenoxy) is 1. The summed E-state index contributed by atoms with van der Waals surface area (Å²) < 4.78 is 7.71. The van der Waals surface area contributed by atoms with Gasteiger partial charge in [-0.05, 0) is 17.4 Å². The van der Waals surface area contributed by atoms with Crippen molar-refractivity contribution in [1.29, 1.82) is 0 Å². The Labute approximate surface area is 168 Å². The van der Waals surface area contributed by atoms with Gasteiger partial charge in [0.05, 0.1) is 23.3 Å². The fourth-order valence-electron chi connectivity index (χ4n) is 3.06. The number of carbonyl (C=O) groups excluding carboxylic acids is 1. The summed E-state index contributed by atoms with van der Waals surface area (Å²) in [6, 6.07) is 4.01. The zero-order chi connectivity index (χ0) is 19.2. The number of rotatable bonds is 8. The first-order valence-electron chi connectivity index (χ1n) is 9.19. The van der Waals surface area contributed by atoms with Gasteiger partial charge >= 0.3 is 0 Å². The van der Waals surface area contributed by atoms with Gasteiger partial charge in [0.25, 0.3) is 0 Å². The van der Waals surface area contributed by atoms with Gasteiger partial charge in [-0.3, -0.25) is 9.69 Å². The zero-order valence-corrected chi connectivity index (χ0v) is 17.7. The Hall–Kier alpha value is -1.42. The molecule has 1 aliphatic rings. The maximum Gasteiger partial charge on any atom is 0.230 e. The average Bonchev–Trinajstić information content (AvgIpc) is 3.27. The van der Waals surface area contributed by atoms with E-state index in [-0.39, 0.29) is 12.0 Å². The van der Waals surface area contributed by atoms with Gasteiger partial charge in [0, 0.05) is 33.2 Å². The molecule has 1 amide bonds. The van der Waals surface area contributed by atoms with E-state index in [0.29, 0.717) is 18.2 Å². The first-order valence-corrected chi connectivity index (χ1v) is 11.1. The molecule has 0 bridgehead atoms. The van der Waals surface area contributed by atoms with Gasteiger partial charge in [-0.1, -0.05) is 31.7 Å². The van der Waals surface area contributed by atoms with E-state index in [9.17, 15) is 4.79 Å². The number of thiophene rings is 1. The molecule has 0 spiro atoms. The van der Waals surface area contributed by atoms with Crippen LogP contribution in [-0.4, -0.2) is 70.2 Å². The SMILES string of the molecule is CC(C)CN1CCOC(CNC(=O)CSc2nnc(-c3cccs3)n2C)C1. The molecule has 1 aliphatic heterocycles. The molecule has 3 rings (SSSR count). The lowest BCUT2D eigenvalue weighted by Crippen LogP contribution is -2.48. The van der Waals surface area contributed by atoms with E-state index in [4.69, 9.17) is 4.74 Å². The van der Waals surface area contributed by atoms with Crippen LogP contribution in [0.25, 0.3) is 10.7 Å². The van der Waals surface area contributed by atoms with Gasteiger partial charge in [-0.15, -0.1) is 21.5 Å². The van der Waals surface area contributed by atoms with Crippen LogP contribution in [0.2, 0.25) is 0 Å². The minimum atomic E-state index is -0.00902. The number of carbonyl (C=O) groups is 1. The van der Waals surface area contributed by atoms with Gasteiger partial charge in [-0.2, -0.15) is 0 Å². The highest BCUT2D eigenvalue weighted by atomic mass is 32.2. The van der Waals surface area contributed by atoms with Crippen molar-refractivity contribution in [3.8, 4) is 10.7 Å². The molecule has 148 valence electrons. The molecule has 0 saturated carbocycles. The summed E-state index contributed by atoms with van der Waals surface area (Å²) >= 11 is 3.03. The lowest BCUT2D eigenvalue weighted by atomic mass is 10.2. The van der Waals surface area contributed by atoms with E-state index >= 15 is 0 Å². The van der Waals surface area contributed by atoms with Gasteiger partial charge in [0.15, 0.2) is 11.0 Å². The Morgan fingerprint density at radius 3 is 3.07 bits per heavy atom. The highest BCUT2D eigenvalue weighted by molar-refractivity contribution is 7.99. The van der Waals surface area contributed by atoms with Crippen LogP contribution in [0.5, 0.6) is 0 Å². The molecular weight excluding hydrogens is 382 g/mol. The lowest BCUT2D eigenvalue weighted by molar-refractivity contribution is -0.119. The Balaban J connectivity index is 1.42. The maximum atomic E-state index is 12.2. The lowest BCUT2D eigenvalue weighted by Gasteiger charge is -2.33. The Morgan fingerprint density at radius 1 is 1.48 bits per heavy atom. The van der Waals surface area contributed by atoms with Crippen LogP contribution in [-0.2, 0) is 16.6 Å². The Bertz CT molecular complexity index is 732. The van der Waals surface area contributed by atoms with Crippen LogP contribution in [0.1, 0.15) is 13.8 Å². The molecule has 2 aromatic rings. The number of amides is 1. The first-order chi connectivity index (χ1) is 13.0. The summed E-state index contributed by atoms with van der Waals surface area (Å²) in [5.74, 6) is 1.78. The minimum Gasteiger partial charge on any atom is -0.374 e. The quantitative estimate of drug-likeness (QED) is 0.674. The van der Waals surface area contributed by atoms with E-state index < -0.39 is 0 Å². The largest absolute Gasteiger partial charge is 0.374 e. The molecule has 0 radical (unpaired) electrons. The number of hydrogen-bond donors (Lipinski definition) is 1. The number of thioether (sulfide) groups is 1. The number of hydrogen-bond acceptors (Lipinski definition) is 7. The standard InChI is InChI=1S/C18H27N5O2S2/c1-13(2)10-23-6-7-25-14(11-23)9-19-16(24)12-27-18-21-20-17(22(18)3)15-5-4-8-26-15/h4-5,8,13-14H,6-7,9-12H2,1-3H3,(H,19,24). The summed E-state index contributed by atoms with van der Waals surface area (Å²) in [5, 5.41) is 14.2. The highest BCUT2D eigenvalue weighted by Crippen LogP contribution is 2.25. The molecule has 27 heavy (non-hydrogen) atoms. The van der Waals surface area contributed by atoms with Crippen LogP contribution in [0, 0.1) is 5.92 Å². The molecule has 2 aromatic heterocycles. The van der Waals surface area contributed by atoms with Crippen molar-refractivity contribution in [2.75, 3.05) is 38.5 Å². The predicted molar refractivity (Wildman–Crippen MR) is 109 cm³/mol. The van der Waals surface area contributed by atoms with Crippen molar-refractivity contribution in [2.24, 2.45) is 13.0 Å². The van der Waals surface area contributed by atoms with Gasteiger partial charge in [0.1, 0.15) is 0 Å². The fraction of sp³-hybridized carbons (Fsp3) is 0.611. The highest BCUT2D eigenvalue weighted by Gasteiger charge is 2.21. The first kappa shape index (κ1) is 20.3. The van der Waals surface area contributed by atoms with Crippen molar-refractivity contribution in [3.05, 3.63) is 17.5 Å². The zero-order valence-electron chi connectivity index (χ0n) is 16.1. The van der Waals surface area contributed by atoms with Crippen molar-refractivity contribution in [3.63, 3.8) is 0 Å². The van der Waals surface area contributed by atoms with Crippen LogP contribution in [0.4, 0.5) is 0 Å². The second-order valence-electron chi connectivity index (χ2n) is 7.08. The van der Waals surface area contributed by atoms with Gasteiger partial charge in [0.2, 0.25) is 5.91 Å². The predicted octanol–water partition coefficient (Wildman–Crippen LogP) is 2.11. The summed E-state index contributed by atoms with van der Waals surface area (Å²) in [4.78, 5) is 15.7. The fourth-order valence-corrected chi connectivity index (χ4v) is 4.54. The van der Waals surface area contributed by atoms with Gasteiger partial charge in [-0.25, -0.2) is 0 Å². The van der Waals surface area contributed by atoms with E-state index in [2.05, 4.69) is 34.3 Å². The molecule has 3 heterocycles.